The number of nitrogens with one attached hydrogen (secondary N) is 1. The average molecular weight is 295 g/mol. The maximum Gasteiger partial charge on any atom is 0.387 e. The normalized spacial score (nSPS) is 10.5. The van der Waals surface area contributed by atoms with Crippen molar-refractivity contribution in [3.05, 3.63) is 59.9 Å². The van der Waals surface area contributed by atoms with Gasteiger partial charge in [-0.05, 0) is 42.0 Å². The Morgan fingerprint density at radius 3 is 2.24 bits per heavy atom. The Morgan fingerprint density at radius 1 is 1.05 bits per heavy atom. The lowest BCUT2D eigenvalue weighted by molar-refractivity contribution is -0.115. The van der Waals surface area contributed by atoms with Crippen LogP contribution in [0.2, 0.25) is 0 Å². The number of rotatable bonds is 5. The van der Waals surface area contributed by atoms with E-state index in [0.29, 0.717) is 11.3 Å². The molecule has 21 heavy (non-hydrogen) atoms. The van der Waals surface area contributed by atoms with Gasteiger partial charge in [-0.25, -0.2) is 4.39 Å². The molecule has 0 heterocycles. The highest BCUT2D eigenvalue weighted by Crippen LogP contribution is 2.16. The number of anilines is 1. The Bertz CT molecular complexity index is 597. The first-order chi connectivity index (χ1) is 10.0. The number of carbonyl (C=O) groups is 1. The number of alkyl halides is 2. The van der Waals surface area contributed by atoms with Gasteiger partial charge in [0.25, 0.3) is 0 Å². The lowest BCUT2D eigenvalue weighted by Crippen LogP contribution is -2.14. The van der Waals surface area contributed by atoms with E-state index in [1.807, 2.05) is 0 Å². The third kappa shape index (κ3) is 4.83. The predicted molar refractivity (Wildman–Crippen MR) is 71.8 cm³/mol. The molecule has 0 saturated heterocycles. The summed E-state index contributed by atoms with van der Waals surface area (Å²) in [7, 11) is 0. The van der Waals surface area contributed by atoms with Gasteiger partial charge in [0.1, 0.15) is 11.6 Å². The van der Waals surface area contributed by atoms with Crippen molar-refractivity contribution in [2.45, 2.75) is 13.0 Å². The number of halogens is 3. The average Bonchev–Trinajstić information content (AvgIpc) is 2.43. The Labute approximate surface area is 119 Å². The second kappa shape index (κ2) is 6.78. The van der Waals surface area contributed by atoms with E-state index in [1.165, 1.54) is 48.5 Å². The first-order valence-corrected chi connectivity index (χ1v) is 6.12. The largest absolute Gasteiger partial charge is 0.435 e. The van der Waals surface area contributed by atoms with E-state index in [1.54, 1.807) is 0 Å². The number of ether oxygens (including phenoxy) is 1. The van der Waals surface area contributed by atoms with E-state index in [-0.39, 0.29) is 23.9 Å². The van der Waals surface area contributed by atoms with Gasteiger partial charge in [0.05, 0.1) is 6.42 Å². The van der Waals surface area contributed by atoms with Crippen molar-refractivity contribution in [2.24, 2.45) is 0 Å². The molecule has 3 nitrogen and oxygen atoms in total. The molecule has 0 saturated carbocycles. The quantitative estimate of drug-likeness (QED) is 0.915. The van der Waals surface area contributed by atoms with Gasteiger partial charge in [0, 0.05) is 5.69 Å². The molecular formula is C15H12F3NO2. The fraction of sp³-hybridized carbons (Fsp3) is 0.133. The van der Waals surface area contributed by atoms with E-state index in [9.17, 15) is 18.0 Å². The van der Waals surface area contributed by atoms with Crippen LogP contribution in [0, 0.1) is 5.82 Å². The van der Waals surface area contributed by atoms with Crippen LogP contribution < -0.4 is 10.1 Å². The molecule has 1 amide bonds. The molecular weight excluding hydrogens is 283 g/mol. The Hall–Kier alpha value is -2.50. The first-order valence-electron chi connectivity index (χ1n) is 6.12. The van der Waals surface area contributed by atoms with E-state index < -0.39 is 6.61 Å². The van der Waals surface area contributed by atoms with Crippen molar-refractivity contribution in [1.29, 1.82) is 0 Å². The second-order valence-corrected chi connectivity index (χ2v) is 4.25. The zero-order chi connectivity index (χ0) is 15.2. The van der Waals surface area contributed by atoms with Crippen molar-refractivity contribution in [3.8, 4) is 5.75 Å². The second-order valence-electron chi connectivity index (χ2n) is 4.25. The molecule has 110 valence electrons. The molecule has 0 fully saturated rings. The maximum atomic E-state index is 12.7. The molecule has 2 aromatic carbocycles. The first kappa shape index (κ1) is 14.9. The standard InChI is InChI=1S/C15H12F3NO2/c16-11-3-5-12(6-4-11)19-14(20)9-10-1-7-13(8-2-10)21-15(17)18/h1-8,15H,9H2,(H,19,20). The summed E-state index contributed by atoms with van der Waals surface area (Å²) in [5, 5.41) is 2.61. The predicted octanol–water partition coefficient (Wildman–Crippen LogP) is 3.61. The SMILES string of the molecule is O=C(Cc1ccc(OC(F)F)cc1)Nc1ccc(F)cc1. The Morgan fingerprint density at radius 2 is 1.67 bits per heavy atom. The molecule has 0 aliphatic rings. The number of benzene rings is 2. The lowest BCUT2D eigenvalue weighted by Gasteiger charge is -2.07. The smallest absolute Gasteiger partial charge is 0.387 e. The van der Waals surface area contributed by atoms with Crippen LogP contribution in [0.1, 0.15) is 5.56 Å². The van der Waals surface area contributed by atoms with Crippen LogP contribution in [0.15, 0.2) is 48.5 Å². The molecule has 0 aromatic heterocycles. The van der Waals surface area contributed by atoms with Crippen LogP contribution in [0.3, 0.4) is 0 Å². The van der Waals surface area contributed by atoms with Gasteiger partial charge in [-0.15, -0.1) is 0 Å². The summed E-state index contributed by atoms with van der Waals surface area (Å²) in [6, 6.07) is 11.2. The summed E-state index contributed by atoms with van der Waals surface area (Å²) >= 11 is 0. The highest BCUT2D eigenvalue weighted by atomic mass is 19.3. The minimum absolute atomic E-state index is 0.0349. The molecule has 0 bridgehead atoms. The van der Waals surface area contributed by atoms with Crippen LogP contribution in [-0.2, 0) is 11.2 Å². The van der Waals surface area contributed by atoms with Crippen molar-refractivity contribution in [3.63, 3.8) is 0 Å². The van der Waals surface area contributed by atoms with E-state index in [4.69, 9.17) is 0 Å². The van der Waals surface area contributed by atoms with Gasteiger partial charge in [-0.1, -0.05) is 12.1 Å². The monoisotopic (exact) mass is 295 g/mol. The Kier molecular flexibility index (Phi) is 4.81. The van der Waals surface area contributed by atoms with E-state index in [0.717, 1.165) is 0 Å². The maximum absolute atomic E-state index is 12.7. The van der Waals surface area contributed by atoms with Crippen LogP contribution >= 0.6 is 0 Å². The summed E-state index contributed by atoms with van der Waals surface area (Å²) < 4.78 is 40.9. The third-order valence-electron chi connectivity index (χ3n) is 2.64. The molecule has 0 aliphatic carbocycles. The molecule has 1 N–H and O–H groups in total. The van der Waals surface area contributed by atoms with Gasteiger partial charge in [-0.2, -0.15) is 8.78 Å². The minimum Gasteiger partial charge on any atom is -0.435 e. The number of carbonyl (C=O) groups excluding carboxylic acids is 1. The summed E-state index contributed by atoms with van der Waals surface area (Å²) in [6.07, 6.45) is 0.0757. The number of hydrogen-bond donors (Lipinski definition) is 1. The van der Waals surface area contributed by atoms with Crippen LogP contribution in [0.25, 0.3) is 0 Å². The highest BCUT2D eigenvalue weighted by molar-refractivity contribution is 5.92. The van der Waals surface area contributed by atoms with Gasteiger partial charge < -0.3 is 10.1 Å². The molecule has 2 aromatic rings. The molecule has 0 aliphatic heterocycles. The van der Waals surface area contributed by atoms with Crippen molar-refractivity contribution >= 4 is 11.6 Å². The summed E-state index contributed by atoms with van der Waals surface area (Å²) in [6.45, 7) is -2.88. The van der Waals surface area contributed by atoms with Crippen molar-refractivity contribution in [2.75, 3.05) is 5.32 Å². The van der Waals surface area contributed by atoms with E-state index in [2.05, 4.69) is 10.1 Å². The molecule has 0 unspecified atom stereocenters. The number of amides is 1. The summed E-state index contributed by atoms with van der Waals surface area (Å²) in [5.41, 5.74) is 1.13. The van der Waals surface area contributed by atoms with Crippen LogP contribution in [-0.4, -0.2) is 12.5 Å². The highest BCUT2D eigenvalue weighted by Gasteiger charge is 2.07. The summed E-state index contributed by atoms with van der Waals surface area (Å²) in [5.74, 6) is -0.639. The number of hydrogen-bond acceptors (Lipinski definition) is 2. The van der Waals surface area contributed by atoms with Gasteiger partial charge in [0.15, 0.2) is 0 Å². The van der Waals surface area contributed by atoms with Gasteiger partial charge in [0.2, 0.25) is 5.91 Å². The lowest BCUT2D eigenvalue weighted by atomic mass is 10.1. The van der Waals surface area contributed by atoms with Gasteiger partial charge >= 0.3 is 6.61 Å². The minimum atomic E-state index is -2.88. The van der Waals surface area contributed by atoms with Gasteiger partial charge in [-0.3, -0.25) is 4.79 Å². The van der Waals surface area contributed by atoms with Crippen molar-refractivity contribution in [1.82, 2.24) is 0 Å². The fourth-order valence-corrected chi connectivity index (χ4v) is 1.71. The van der Waals surface area contributed by atoms with Crippen LogP contribution in [0.5, 0.6) is 5.75 Å². The third-order valence-corrected chi connectivity index (χ3v) is 2.64. The molecule has 0 radical (unpaired) electrons. The molecule has 2 rings (SSSR count). The zero-order valence-electron chi connectivity index (χ0n) is 10.9. The van der Waals surface area contributed by atoms with Crippen molar-refractivity contribution < 1.29 is 22.7 Å². The Balaban J connectivity index is 1.91. The molecule has 0 spiro atoms. The summed E-state index contributed by atoms with van der Waals surface area (Å²) in [4.78, 5) is 11.8. The fourth-order valence-electron chi connectivity index (χ4n) is 1.71. The van der Waals surface area contributed by atoms with E-state index >= 15 is 0 Å². The van der Waals surface area contributed by atoms with Crippen LogP contribution in [0.4, 0.5) is 18.9 Å². The molecule has 6 heteroatoms. The molecule has 0 atom stereocenters. The zero-order valence-corrected chi connectivity index (χ0v) is 10.9. The topological polar surface area (TPSA) is 38.3 Å².